The average Bonchev–Trinajstić information content (AvgIpc) is 3.91. The number of hydrogen-bond acceptors (Lipinski definition) is 6. The van der Waals surface area contributed by atoms with Gasteiger partial charge in [-0.3, -0.25) is 0 Å². The first-order valence-electron chi connectivity index (χ1n) is 17.4. The Morgan fingerprint density at radius 1 is 0.346 bits per heavy atom. The van der Waals surface area contributed by atoms with Gasteiger partial charge in [0.1, 0.15) is 0 Å². The number of nitrogens with zero attached hydrogens (tertiary/aromatic N) is 4. The summed E-state index contributed by atoms with van der Waals surface area (Å²) < 4.78 is 29.2. The van der Waals surface area contributed by atoms with Gasteiger partial charge in [-0.2, -0.15) is 45.6 Å². The van der Waals surface area contributed by atoms with E-state index in [0.29, 0.717) is 52.9 Å². The van der Waals surface area contributed by atoms with Crippen LogP contribution in [-0.2, 0) is 67.1 Å². The maximum atomic E-state index is 5.10. The van der Waals surface area contributed by atoms with E-state index >= 15 is 0 Å². The maximum Gasteiger partial charge on any atom is 3.00 e. The third kappa shape index (κ3) is 12.2. The molecule has 12 heteroatoms. The van der Waals surface area contributed by atoms with Crippen molar-refractivity contribution >= 4 is 0 Å². The van der Waals surface area contributed by atoms with Crippen molar-refractivity contribution in [3.05, 3.63) is 94.1 Å². The van der Waals surface area contributed by atoms with E-state index in [4.69, 9.17) is 48.4 Å². The van der Waals surface area contributed by atoms with Gasteiger partial charge in [0.15, 0.2) is 0 Å². The van der Waals surface area contributed by atoms with Gasteiger partial charge in [-0.1, -0.05) is 104 Å². The predicted molar refractivity (Wildman–Crippen MR) is 197 cm³/mol. The topological polar surface area (TPSA) is 112 Å². The molecule has 0 fully saturated rings. The Bertz CT molecular complexity index is 1250. The molecule has 0 spiro atoms. The van der Waals surface area contributed by atoms with Gasteiger partial charge in [-0.05, 0) is 21.7 Å². The van der Waals surface area contributed by atoms with Crippen molar-refractivity contribution in [3.8, 4) is 0 Å². The number of aromatic nitrogens is 4. The molecular formula is C40H60FeN4NaO6. The molecule has 0 atom stereocenters. The average molecular weight is 772 g/mol. The summed E-state index contributed by atoms with van der Waals surface area (Å²) in [6.07, 6.45) is 0. The second kappa shape index (κ2) is 22.1. The first-order valence-corrected chi connectivity index (χ1v) is 17.4. The smallest absolute Gasteiger partial charge is 0.663 e. The molecule has 10 nitrogen and oxygen atoms in total. The number of hydrogen-bond donors (Lipinski definition) is 0. The normalized spacial score (nSPS) is 15.9. The Morgan fingerprint density at radius 3 is 0.635 bits per heavy atom. The summed E-state index contributed by atoms with van der Waals surface area (Å²) in [4.78, 5) is 20.4. The summed E-state index contributed by atoms with van der Waals surface area (Å²) in [6.45, 7) is 22.9. The van der Waals surface area contributed by atoms with E-state index in [1.807, 2.05) is 0 Å². The van der Waals surface area contributed by atoms with Crippen LogP contribution in [0.4, 0.5) is 0 Å². The van der Waals surface area contributed by atoms with Gasteiger partial charge in [0, 0.05) is 28.4 Å². The molecule has 0 saturated carbocycles. The fraction of sp³-hybridized carbons (Fsp3) is 0.600. The van der Waals surface area contributed by atoms with E-state index in [1.54, 1.807) is 28.4 Å². The number of fused-ring (bicyclic) bond motifs is 8. The van der Waals surface area contributed by atoms with E-state index in [2.05, 4.69) is 104 Å². The van der Waals surface area contributed by atoms with Crippen LogP contribution in [0.5, 0.6) is 0 Å². The van der Waals surface area contributed by atoms with Crippen molar-refractivity contribution in [1.82, 2.24) is 19.9 Å². The van der Waals surface area contributed by atoms with Crippen LogP contribution < -0.4 is 49.5 Å². The summed E-state index contributed by atoms with van der Waals surface area (Å²) in [6, 6.07) is 17.2. The first kappa shape index (κ1) is 48.4. The zero-order valence-corrected chi connectivity index (χ0v) is 37.0. The third-order valence-electron chi connectivity index (χ3n) is 9.41. The molecule has 5 rings (SSSR count). The third-order valence-corrected chi connectivity index (χ3v) is 9.41. The van der Waals surface area contributed by atoms with Crippen molar-refractivity contribution in [2.24, 2.45) is 0 Å². The largest absolute Gasteiger partial charge is 3.00 e. The standard InChI is InChI=1S/C28H32N4.2C6H14O3.Fe.Na/c1-25(2)17-9-11-19(29-17)26(3,4)21-13-15-23(31-21)28(7,8)24-16-14-22(32-24)27(5,6)20-12-10-18(25)30-20;2*1-7-3-5-9-6-4-8-2;;/h9-16H,1-8H3;2*3-6H2,1-2H3;;/q-4;;;+3;+1. The molecule has 0 aliphatic carbocycles. The van der Waals surface area contributed by atoms with Crippen LogP contribution in [0.15, 0.2) is 48.5 Å². The molecule has 0 saturated heterocycles. The quantitative estimate of drug-likeness (QED) is 0.158. The second-order valence-electron chi connectivity index (χ2n) is 14.6. The van der Waals surface area contributed by atoms with Crippen molar-refractivity contribution in [1.29, 1.82) is 0 Å². The summed E-state index contributed by atoms with van der Waals surface area (Å²) in [5, 5.41) is 0. The molecule has 0 aromatic carbocycles. The van der Waals surface area contributed by atoms with Gasteiger partial charge in [0.05, 0.1) is 52.9 Å². The van der Waals surface area contributed by atoms with Gasteiger partial charge in [0.25, 0.3) is 0 Å². The Labute approximate surface area is 345 Å². The molecule has 1 radical (unpaired) electrons. The molecule has 4 aromatic rings. The molecule has 0 amide bonds. The second-order valence-corrected chi connectivity index (χ2v) is 14.6. The molecule has 0 N–H and O–H groups in total. The monoisotopic (exact) mass is 771 g/mol. The summed E-state index contributed by atoms with van der Waals surface area (Å²) in [5.41, 5.74) is 7.12. The Morgan fingerprint density at radius 2 is 0.500 bits per heavy atom. The predicted octanol–water partition coefficient (Wildman–Crippen LogP) is 2.73. The molecule has 5 heterocycles. The van der Waals surface area contributed by atoms with E-state index < -0.39 is 0 Å². The van der Waals surface area contributed by atoms with Crippen LogP contribution in [0.3, 0.4) is 0 Å². The molecule has 1 aliphatic heterocycles. The van der Waals surface area contributed by atoms with Crippen molar-refractivity contribution < 1.29 is 75.0 Å². The SMILES string of the molecule is CC1(C)c2ccc([n-]2)C(C)(C)c2ccc([n-]2)C(C)(C)c2ccc([n-]2)C(C)(C)c2ccc1[n-]2.COCCOCCOC.COCCOCCOC.[Fe+3].[Na+]. The van der Waals surface area contributed by atoms with E-state index in [9.17, 15) is 0 Å². The van der Waals surface area contributed by atoms with E-state index in [-0.39, 0.29) is 68.3 Å². The maximum absolute atomic E-state index is 5.10. The molecule has 4 aromatic heterocycles. The molecule has 8 bridgehead atoms. The van der Waals surface area contributed by atoms with Crippen LogP contribution in [0.25, 0.3) is 0 Å². The minimum atomic E-state index is -0.295. The minimum absolute atomic E-state index is 0. The van der Waals surface area contributed by atoms with Gasteiger partial charge >= 0.3 is 46.6 Å². The van der Waals surface area contributed by atoms with Crippen molar-refractivity contribution in [2.45, 2.75) is 77.0 Å². The summed E-state index contributed by atoms with van der Waals surface area (Å²) in [7, 11) is 6.61. The van der Waals surface area contributed by atoms with Crippen LogP contribution in [-0.4, -0.2) is 81.3 Å². The molecule has 1 aliphatic rings. The number of rotatable bonds is 12. The van der Waals surface area contributed by atoms with Crippen LogP contribution in [0.2, 0.25) is 0 Å². The fourth-order valence-electron chi connectivity index (χ4n) is 5.53. The Hall–Kier alpha value is -1.60. The number of methoxy groups -OCH3 is 4. The number of ether oxygens (including phenoxy) is 6. The van der Waals surface area contributed by atoms with Crippen molar-refractivity contribution in [3.63, 3.8) is 0 Å². The molecule has 52 heavy (non-hydrogen) atoms. The van der Waals surface area contributed by atoms with Gasteiger partial charge in [-0.25, -0.2) is 0 Å². The van der Waals surface area contributed by atoms with Crippen molar-refractivity contribution in [2.75, 3.05) is 81.3 Å². The fourth-order valence-corrected chi connectivity index (χ4v) is 5.53. The van der Waals surface area contributed by atoms with Crippen LogP contribution >= 0.6 is 0 Å². The Kier molecular flexibility index (Phi) is 20.6. The summed E-state index contributed by atoms with van der Waals surface area (Å²) in [5.74, 6) is 0. The minimum Gasteiger partial charge on any atom is -0.663 e. The first-order chi connectivity index (χ1) is 23.7. The van der Waals surface area contributed by atoms with Gasteiger partial charge < -0.3 is 48.4 Å². The van der Waals surface area contributed by atoms with E-state index in [1.165, 1.54) is 0 Å². The molecule has 285 valence electrons. The molecular weight excluding hydrogens is 711 g/mol. The van der Waals surface area contributed by atoms with E-state index in [0.717, 1.165) is 45.6 Å². The van der Waals surface area contributed by atoms with Crippen LogP contribution in [0.1, 0.15) is 101 Å². The zero-order valence-electron chi connectivity index (χ0n) is 33.9. The molecule has 0 unspecified atom stereocenters. The van der Waals surface area contributed by atoms with Crippen LogP contribution in [0, 0.1) is 0 Å². The van der Waals surface area contributed by atoms with Gasteiger partial charge in [-0.15, -0.1) is 0 Å². The Balaban J connectivity index is 0.000000565. The zero-order chi connectivity index (χ0) is 37.0. The van der Waals surface area contributed by atoms with Gasteiger partial charge in [0.2, 0.25) is 0 Å². The summed E-state index contributed by atoms with van der Waals surface area (Å²) >= 11 is 0.